The number of fused-ring (bicyclic) bond motifs is 3. The minimum Gasteiger partial charge on any atom is -0.489 e. The van der Waals surface area contributed by atoms with Gasteiger partial charge in [-0.05, 0) is 81.4 Å². The molecule has 4 nitrogen and oxygen atoms in total. The molecule has 0 aromatic heterocycles. The first-order valence-electron chi connectivity index (χ1n) is 13.1. The summed E-state index contributed by atoms with van der Waals surface area (Å²) >= 11 is 6.70. The quantitative estimate of drug-likeness (QED) is 0.435. The zero-order chi connectivity index (χ0) is 25.6. The number of carbonyl (C=O) groups is 1. The van der Waals surface area contributed by atoms with E-state index in [0.29, 0.717) is 36.5 Å². The standard InChI is InChI=1S/C28H33ClF3NO3/c1-16(33-21-3-2-4-22(33)15-19(14-21)27(34)35)17-5-11-24-18(13-17)6-12-25(26(24)29)36-23-9-7-20(8-10-23)28(30,31)32/h5-6,11-13,16,19-23H,2-4,7-10,14-15H2,1H3,(H,34,35)/t16-,19?,20?,21?,22?,23?/m0/s1. The Kier molecular flexibility index (Phi) is 7.16. The van der Waals surface area contributed by atoms with Crippen LogP contribution >= 0.6 is 11.6 Å². The normalized spacial score (nSPS) is 30.2. The fourth-order valence-corrected chi connectivity index (χ4v) is 7.03. The monoisotopic (exact) mass is 523 g/mol. The van der Waals surface area contributed by atoms with Crippen molar-refractivity contribution in [3.05, 3.63) is 40.9 Å². The molecule has 0 spiro atoms. The number of hydrogen-bond acceptors (Lipinski definition) is 3. The van der Waals surface area contributed by atoms with Gasteiger partial charge in [-0.25, -0.2) is 0 Å². The highest BCUT2D eigenvalue weighted by atomic mass is 35.5. The Morgan fingerprint density at radius 3 is 2.33 bits per heavy atom. The van der Waals surface area contributed by atoms with Crippen LogP contribution in [0.25, 0.3) is 10.8 Å². The highest BCUT2D eigenvalue weighted by molar-refractivity contribution is 6.37. The summed E-state index contributed by atoms with van der Waals surface area (Å²) in [6, 6.07) is 10.7. The van der Waals surface area contributed by atoms with Gasteiger partial charge in [0.25, 0.3) is 0 Å². The number of piperidine rings is 2. The number of alkyl halides is 3. The first-order chi connectivity index (χ1) is 17.1. The van der Waals surface area contributed by atoms with Crippen LogP contribution in [0.4, 0.5) is 13.2 Å². The average Bonchev–Trinajstić information content (AvgIpc) is 2.84. The molecule has 3 aliphatic rings. The van der Waals surface area contributed by atoms with E-state index in [1.54, 1.807) is 0 Å². The molecule has 2 aliphatic heterocycles. The van der Waals surface area contributed by atoms with Gasteiger partial charge in [-0.3, -0.25) is 9.69 Å². The molecule has 2 saturated heterocycles. The number of halogens is 4. The topological polar surface area (TPSA) is 49.8 Å². The number of hydrogen-bond donors (Lipinski definition) is 1. The Morgan fingerprint density at radius 2 is 1.72 bits per heavy atom. The molecule has 0 amide bonds. The molecule has 3 atom stereocenters. The van der Waals surface area contributed by atoms with E-state index in [4.69, 9.17) is 16.3 Å². The Bertz CT molecular complexity index is 1100. The summed E-state index contributed by atoms with van der Waals surface area (Å²) in [4.78, 5) is 14.2. The number of ether oxygens (including phenoxy) is 1. The minimum atomic E-state index is -4.13. The summed E-state index contributed by atoms with van der Waals surface area (Å²) < 4.78 is 45.0. The molecule has 1 aliphatic carbocycles. The van der Waals surface area contributed by atoms with E-state index in [1.165, 1.54) is 5.56 Å². The molecule has 2 bridgehead atoms. The lowest BCUT2D eigenvalue weighted by Crippen LogP contribution is -2.53. The van der Waals surface area contributed by atoms with Gasteiger partial charge in [0.15, 0.2) is 0 Å². The van der Waals surface area contributed by atoms with Crippen molar-refractivity contribution in [1.82, 2.24) is 4.90 Å². The van der Waals surface area contributed by atoms with Crippen LogP contribution in [0.2, 0.25) is 5.02 Å². The molecule has 36 heavy (non-hydrogen) atoms. The maximum atomic E-state index is 13.0. The lowest BCUT2D eigenvalue weighted by Gasteiger charge is -2.51. The molecule has 5 rings (SSSR count). The summed E-state index contributed by atoms with van der Waals surface area (Å²) in [5.41, 5.74) is 1.17. The summed E-state index contributed by atoms with van der Waals surface area (Å²) in [6.07, 6.45) is 1.17. The molecule has 3 fully saturated rings. The fraction of sp³-hybridized carbons (Fsp3) is 0.607. The van der Waals surface area contributed by atoms with E-state index in [-0.39, 0.29) is 43.0 Å². The highest BCUT2D eigenvalue weighted by Crippen LogP contribution is 2.44. The van der Waals surface area contributed by atoms with Crippen molar-refractivity contribution >= 4 is 28.3 Å². The van der Waals surface area contributed by atoms with Gasteiger partial charge in [-0.1, -0.05) is 36.2 Å². The summed E-state index contributed by atoms with van der Waals surface area (Å²) in [6.45, 7) is 2.20. The molecule has 1 N–H and O–H groups in total. The zero-order valence-corrected chi connectivity index (χ0v) is 21.2. The second-order valence-electron chi connectivity index (χ2n) is 10.9. The van der Waals surface area contributed by atoms with Gasteiger partial charge in [-0.15, -0.1) is 0 Å². The van der Waals surface area contributed by atoms with Crippen LogP contribution in [-0.4, -0.2) is 40.3 Å². The van der Waals surface area contributed by atoms with Crippen molar-refractivity contribution in [3.63, 3.8) is 0 Å². The van der Waals surface area contributed by atoms with E-state index in [9.17, 15) is 23.1 Å². The van der Waals surface area contributed by atoms with Crippen LogP contribution in [0.15, 0.2) is 30.3 Å². The average molecular weight is 524 g/mol. The van der Waals surface area contributed by atoms with Crippen LogP contribution in [0.3, 0.4) is 0 Å². The summed E-state index contributed by atoms with van der Waals surface area (Å²) in [5.74, 6) is -1.64. The zero-order valence-electron chi connectivity index (χ0n) is 20.4. The van der Waals surface area contributed by atoms with Crippen LogP contribution in [0.1, 0.15) is 76.3 Å². The highest BCUT2D eigenvalue weighted by Gasteiger charge is 2.43. The molecular weight excluding hydrogens is 491 g/mol. The van der Waals surface area contributed by atoms with E-state index < -0.39 is 18.1 Å². The van der Waals surface area contributed by atoms with E-state index in [0.717, 1.165) is 30.0 Å². The van der Waals surface area contributed by atoms with Crippen molar-refractivity contribution in [2.24, 2.45) is 11.8 Å². The third kappa shape index (κ3) is 5.06. The fourth-order valence-electron chi connectivity index (χ4n) is 6.75. The Balaban J connectivity index is 1.31. The molecule has 1 saturated carbocycles. The van der Waals surface area contributed by atoms with Crippen molar-refractivity contribution in [2.75, 3.05) is 0 Å². The van der Waals surface area contributed by atoms with Crippen molar-refractivity contribution in [3.8, 4) is 5.75 Å². The SMILES string of the molecule is C[C@@H](c1ccc2c(Cl)c(OC3CCC(C(F)(F)F)CC3)ccc2c1)N1C2CCCC1CC(C(=O)O)C2. The predicted octanol–water partition coefficient (Wildman–Crippen LogP) is 7.77. The molecular formula is C28H33ClF3NO3. The van der Waals surface area contributed by atoms with E-state index in [1.807, 2.05) is 18.2 Å². The van der Waals surface area contributed by atoms with Crippen molar-refractivity contribution in [2.45, 2.75) is 95.1 Å². The molecule has 2 aromatic carbocycles. The second kappa shape index (κ2) is 10.1. The minimum absolute atomic E-state index is 0.0896. The Hall–Kier alpha value is -1.99. The van der Waals surface area contributed by atoms with Gasteiger partial charge in [0.1, 0.15) is 5.75 Å². The second-order valence-corrected chi connectivity index (χ2v) is 11.2. The first kappa shape index (κ1) is 25.7. The molecule has 2 heterocycles. The van der Waals surface area contributed by atoms with Gasteiger partial charge >= 0.3 is 12.1 Å². The van der Waals surface area contributed by atoms with Crippen LogP contribution in [0, 0.1) is 11.8 Å². The first-order valence-corrected chi connectivity index (χ1v) is 13.5. The third-order valence-electron chi connectivity index (χ3n) is 8.68. The van der Waals surface area contributed by atoms with E-state index in [2.05, 4.69) is 24.0 Å². The maximum Gasteiger partial charge on any atom is 0.391 e. The van der Waals surface area contributed by atoms with Crippen molar-refractivity contribution < 1.29 is 27.8 Å². The van der Waals surface area contributed by atoms with E-state index >= 15 is 0 Å². The molecule has 2 unspecified atom stereocenters. The third-order valence-corrected chi connectivity index (χ3v) is 9.07. The van der Waals surface area contributed by atoms with Gasteiger partial charge in [0.2, 0.25) is 0 Å². The molecule has 8 heteroatoms. The number of aliphatic carboxylic acids is 1. The summed E-state index contributed by atoms with van der Waals surface area (Å²) in [7, 11) is 0. The molecule has 0 radical (unpaired) electrons. The molecule has 196 valence electrons. The van der Waals surface area contributed by atoms with Crippen LogP contribution in [-0.2, 0) is 4.79 Å². The number of carboxylic acids is 1. The maximum absolute atomic E-state index is 13.0. The number of rotatable bonds is 5. The van der Waals surface area contributed by atoms with Gasteiger partial charge in [0, 0.05) is 23.5 Å². The number of benzene rings is 2. The largest absolute Gasteiger partial charge is 0.489 e. The van der Waals surface area contributed by atoms with Gasteiger partial charge < -0.3 is 9.84 Å². The summed E-state index contributed by atoms with van der Waals surface area (Å²) in [5, 5.41) is 11.9. The lowest BCUT2D eigenvalue weighted by molar-refractivity contribution is -0.185. The molecule has 2 aromatic rings. The van der Waals surface area contributed by atoms with Crippen LogP contribution < -0.4 is 4.74 Å². The lowest BCUT2D eigenvalue weighted by atomic mass is 9.77. The van der Waals surface area contributed by atoms with Gasteiger partial charge in [-0.2, -0.15) is 13.2 Å². The van der Waals surface area contributed by atoms with Crippen LogP contribution in [0.5, 0.6) is 5.75 Å². The van der Waals surface area contributed by atoms with Gasteiger partial charge in [0.05, 0.1) is 23.0 Å². The Morgan fingerprint density at radius 1 is 1.06 bits per heavy atom. The number of carboxylic acid groups (broad SMARTS) is 1. The Labute approximate surface area is 214 Å². The van der Waals surface area contributed by atoms with Crippen molar-refractivity contribution in [1.29, 1.82) is 0 Å². The number of nitrogens with zero attached hydrogens (tertiary/aromatic N) is 1. The predicted molar refractivity (Wildman–Crippen MR) is 133 cm³/mol. The smallest absolute Gasteiger partial charge is 0.391 e.